The number of rotatable bonds is 4. The highest BCUT2D eigenvalue weighted by molar-refractivity contribution is 5.85. The molecule has 7 nitrogen and oxygen atoms in total. The summed E-state index contributed by atoms with van der Waals surface area (Å²) in [6.07, 6.45) is 2.74. The standard InChI is InChI=1S/C17H16FN5O2/c18-14-3-1-13(2-4-14)15(16(24)23-5-7-25-8-6-23)22-17-20-10-12(9-19)11-21-17/h1-4,10-11,15H,5-8H2,(H,20,21,22). The number of nitriles is 1. The first-order valence-electron chi connectivity index (χ1n) is 7.78. The maximum atomic E-state index is 13.2. The molecule has 0 saturated carbocycles. The normalized spacial score (nSPS) is 15.3. The van der Waals surface area contributed by atoms with Crippen LogP contribution in [0.1, 0.15) is 17.2 Å². The number of carbonyl (C=O) groups is 1. The number of halogens is 1. The molecule has 2 heterocycles. The molecule has 1 aromatic carbocycles. The molecule has 1 aliphatic rings. The van der Waals surface area contributed by atoms with E-state index >= 15 is 0 Å². The quantitative estimate of drug-likeness (QED) is 0.906. The smallest absolute Gasteiger partial charge is 0.249 e. The van der Waals surface area contributed by atoms with Crippen molar-refractivity contribution in [3.63, 3.8) is 0 Å². The summed E-state index contributed by atoms with van der Waals surface area (Å²) in [5, 5.41) is 11.8. The van der Waals surface area contributed by atoms with Gasteiger partial charge in [-0.3, -0.25) is 4.79 Å². The van der Waals surface area contributed by atoms with E-state index in [0.29, 0.717) is 37.4 Å². The van der Waals surface area contributed by atoms with Crippen LogP contribution in [0.4, 0.5) is 10.3 Å². The minimum Gasteiger partial charge on any atom is -0.378 e. The van der Waals surface area contributed by atoms with Crippen molar-refractivity contribution < 1.29 is 13.9 Å². The second-order valence-electron chi connectivity index (χ2n) is 5.47. The van der Waals surface area contributed by atoms with Crippen molar-refractivity contribution in [1.29, 1.82) is 5.26 Å². The van der Waals surface area contributed by atoms with Gasteiger partial charge in [-0.15, -0.1) is 0 Å². The number of carbonyl (C=O) groups excluding carboxylic acids is 1. The molecule has 1 atom stereocenters. The summed E-state index contributed by atoms with van der Waals surface area (Å²) in [5.41, 5.74) is 0.925. The number of amides is 1. The molecule has 1 aromatic heterocycles. The number of morpholine rings is 1. The summed E-state index contributed by atoms with van der Waals surface area (Å²) < 4.78 is 18.5. The number of hydrogen-bond donors (Lipinski definition) is 1. The monoisotopic (exact) mass is 341 g/mol. The first-order valence-corrected chi connectivity index (χ1v) is 7.78. The molecule has 1 unspecified atom stereocenters. The third-order valence-corrected chi connectivity index (χ3v) is 3.83. The van der Waals surface area contributed by atoms with Crippen molar-refractivity contribution in [3.8, 4) is 6.07 Å². The van der Waals surface area contributed by atoms with Gasteiger partial charge in [0.05, 0.1) is 31.2 Å². The molecule has 8 heteroatoms. The SMILES string of the molecule is N#Cc1cnc(NC(C(=O)N2CCOCC2)c2ccc(F)cc2)nc1. The van der Waals surface area contributed by atoms with Crippen LogP contribution in [-0.4, -0.2) is 47.1 Å². The molecule has 2 aromatic rings. The number of nitrogens with one attached hydrogen (secondary N) is 1. The topological polar surface area (TPSA) is 91.1 Å². The average Bonchev–Trinajstić information content (AvgIpc) is 2.67. The Bertz CT molecular complexity index is 767. The molecule has 0 bridgehead atoms. The van der Waals surface area contributed by atoms with Crippen LogP contribution in [0.25, 0.3) is 0 Å². The van der Waals surface area contributed by atoms with Crippen molar-refractivity contribution in [1.82, 2.24) is 14.9 Å². The van der Waals surface area contributed by atoms with E-state index in [2.05, 4.69) is 15.3 Å². The van der Waals surface area contributed by atoms with Crippen LogP contribution in [0.15, 0.2) is 36.7 Å². The molecule has 1 fully saturated rings. The van der Waals surface area contributed by atoms with E-state index in [0.717, 1.165) is 0 Å². The molecular formula is C17H16FN5O2. The summed E-state index contributed by atoms with van der Waals surface area (Å²) in [6.45, 7) is 1.95. The van der Waals surface area contributed by atoms with Gasteiger partial charge in [0, 0.05) is 13.1 Å². The second-order valence-corrected chi connectivity index (χ2v) is 5.47. The molecule has 1 N–H and O–H groups in total. The molecule has 25 heavy (non-hydrogen) atoms. The van der Waals surface area contributed by atoms with E-state index in [-0.39, 0.29) is 17.7 Å². The van der Waals surface area contributed by atoms with Crippen LogP contribution in [0.3, 0.4) is 0 Å². The summed E-state index contributed by atoms with van der Waals surface area (Å²) >= 11 is 0. The minimum absolute atomic E-state index is 0.164. The fourth-order valence-corrected chi connectivity index (χ4v) is 2.50. The summed E-state index contributed by atoms with van der Waals surface area (Å²) in [4.78, 5) is 22.7. The van der Waals surface area contributed by atoms with Gasteiger partial charge < -0.3 is 15.0 Å². The summed E-state index contributed by atoms with van der Waals surface area (Å²) in [7, 11) is 0. The third-order valence-electron chi connectivity index (χ3n) is 3.83. The zero-order valence-corrected chi connectivity index (χ0v) is 13.4. The minimum atomic E-state index is -0.758. The Morgan fingerprint density at radius 3 is 2.48 bits per heavy atom. The number of anilines is 1. The van der Waals surface area contributed by atoms with Crippen LogP contribution in [0.2, 0.25) is 0 Å². The van der Waals surface area contributed by atoms with Crippen molar-refractivity contribution in [2.24, 2.45) is 0 Å². The Balaban J connectivity index is 1.86. The van der Waals surface area contributed by atoms with Crippen molar-refractivity contribution >= 4 is 11.9 Å². The van der Waals surface area contributed by atoms with Gasteiger partial charge in [-0.05, 0) is 17.7 Å². The van der Waals surface area contributed by atoms with Gasteiger partial charge >= 0.3 is 0 Å². The van der Waals surface area contributed by atoms with E-state index < -0.39 is 6.04 Å². The lowest BCUT2D eigenvalue weighted by atomic mass is 10.1. The van der Waals surface area contributed by atoms with Gasteiger partial charge in [-0.2, -0.15) is 5.26 Å². The largest absolute Gasteiger partial charge is 0.378 e. The number of benzene rings is 1. The molecule has 1 saturated heterocycles. The van der Waals surface area contributed by atoms with Crippen LogP contribution >= 0.6 is 0 Å². The highest BCUT2D eigenvalue weighted by Crippen LogP contribution is 2.21. The molecule has 1 aliphatic heterocycles. The molecular weight excluding hydrogens is 325 g/mol. The molecule has 1 amide bonds. The predicted molar refractivity (Wildman–Crippen MR) is 86.9 cm³/mol. The third kappa shape index (κ3) is 4.08. The van der Waals surface area contributed by atoms with Crippen LogP contribution in [-0.2, 0) is 9.53 Å². The Hall–Kier alpha value is -3.05. The van der Waals surface area contributed by atoms with Crippen LogP contribution < -0.4 is 5.32 Å². The van der Waals surface area contributed by atoms with E-state index in [1.165, 1.54) is 24.5 Å². The van der Waals surface area contributed by atoms with Gasteiger partial charge in [0.2, 0.25) is 11.9 Å². The van der Waals surface area contributed by atoms with Gasteiger partial charge in [-0.25, -0.2) is 14.4 Å². The Labute approximate surface area is 144 Å². The van der Waals surface area contributed by atoms with Gasteiger partial charge in [0.25, 0.3) is 0 Å². The van der Waals surface area contributed by atoms with E-state index in [1.807, 2.05) is 6.07 Å². The second kappa shape index (κ2) is 7.68. The number of hydrogen-bond acceptors (Lipinski definition) is 6. The zero-order valence-electron chi connectivity index (χ0n) is 13.4. The number of nitrogens with zero attached hydrogens (tertiary/aromatic N) is 4. The van der Waals surface area contributed by atoms with Gasteiger partial charge in [0.1, 0.15) is 17.9 Å². The maximum Gasteiger partial charge on any atom is 0.249 e. The van der Waals surface area contributed by atoms with Gasteiger partial charge in [0.15, 0.2) is 0 Å². The Morgan fingerprint density at radius 2 is 1.88 bits per heavy atom. The lowest BCUT2D eigenvalue weighted by Crippen LogP contribution is -2.44. The Morgan fingerprint density at radius 1 is 1.24 bits per heavy atom. The number of aromatic nitrogens is 2. The first-order chi connectivity index (χ1) is 12.2. The average molecular weight is 341 g/mol. The summed E-state index contributed by atoms with van der Waals surface area (Å²) in [5.74, 6) is -0.325. The molecule has 3 rings (SSSR count). The van der Waals surface area contributed by atoms with Crippen LogP contribution in [0, 0.1) is 17.1 Å². The lowest BCUT2D eigenvalue weighted by Gasteiger charge is -2.31. The van der Waals surface area contributed by atoms with E-state index in [4.69, 9.17) is 10.00 Å². The molecule has 0 aliphatic carbocycles. The van der Waals surface area contributed by atoms with E-state index in [9.17, 15) is 9.18 Å². The molecule has 128 valence electrons. The van der Waals surface area contributed by atoms with Crippen LogP contribution in [0.5, 0.6) is 0 Å². The highest BCUT2D eigenvalue weighted by atomic mass is 19.1. The predicted octanol–water partition coefficient (Wildman–Crippen LogP) is 1.50. The highest BCUT2D eigenvalue weighted by Gasteiger charge is 2.28. The van der Waals surface area contributed by atoms with Gasteiger partial charge in [-0.1, -0.05) is 12.1 Å². The Kier molecular flexibility index (Phi) is 5.16. The summed E-state index contributed by atoms with van der Waals surface area (Å²) in [6, 6.07) is 6.88. The lowest BCUT2D eigenvalue weighted by molar-refractivity contribution is -0.136. The van der Waals surface area contributed by atoms with Crippen molar-refractivity contribution in [2.75, 3.05) is 31.6 Å². The fraction of sp³-hybridized carbons (Fsp3) is 0.294. The maximum absolute atomic E-state index is 13.2. The first kappa shape index (κ1) is 16.8. The molecule has 0 spiro atoms. The zero-order chi connectivity index (χ0) is 17.6. The van der Waals surface area contributed by atoms with E-state index in [1.54, 1.807) is 17.0 Å². The van der Waals surface area contributed by atoms with Crippen molar-refractivity contribution in [3.05, 3.63) is 53.6 Å². The fourth-order valence-electron chi connectivity index (χ4n) is 2.50. The number of ether oxygens (including phenoxy) is 1. The van der Waals surface area contributed by atoms with Crippen molar-refractivity contribution in [2.45, 2.75) is 6.04 Å². The molecule has 0 radical (unpaired) electrons.